The summed E-state index contributed by atoms with van der Waals surface area (Å²) >= 11 is 0. The van der Waals surface area contributed by atoms with Gasteiger partial charge in [0, 0.05) is 18.6 Å². The van der Waals surface area contributed by atoms with Crippen LogP contribution in [-0.2, 0) is 0 Å². The molecule has 0 aliphatic carbocycles. The topological polar surface area (TPSA) is 58.9 Å². The largest absolute Gasteiger partial charge is 0.359 e. The summed E-state index contributed by atoms with van der Waals surface area (Å²) in [5.74, 6) is 0.683. The van der Waals surface area contributed by atoms with Crippen LogP contribution < -0.4 is 0 Å². The minimum Gasteiger partial charge on any atom is -0.359 e. The van der Waals surface area contributed by atoms with E-state index in [4.69, 9.17) is 0 Å². The van der Waals surface area contributed by atoms with Gasteiger partial charge in [-0.2, -0.15) is 0 Å². The summed E-state index contributed by atoms with van der Waals surface area (Å²) < 4.78 is 1.70. The summed E-state index contributed by atoms with van der Waals surface area (Å²) in [6.07, 6.45) is 6.98. The van der Waals surface area contributed by atoms with Gasteiger partial charge in [0.15, 0.2) is 11.5 Å². The summed E-state index contributed by atoms with van der Waals surface area (Å²) in [6.45, 7) is 0. The number of hydrogen-bond acceptors (Lipinski definition) is 3. The van der Waals surface area contributed by atoms with Crippen molar-refractivity contribution in [3.63, 3.8) is 0 Å². The molecule has 0 atom stereocenters. The number of nitrogens with zero attached hydrogens (tertiary/aromatic N) is 4. The van der Waals surface area contributed by atoms with Crippen molar-refractivity contribution in [1.82, 2.24) is 24.6 Å². The molecule has 0 aliphatic heterocycles. The first-order chi connectivity index (χ1) is 6.93. The lowest BCUT2D eigenvalue weighted by molar-refractivity contribution is 0.948. The van der Waals surface area contributed by atoms with E-state index in [1.165, 1.54) is 0 Å². The SMILES string of the molecule is c1c[nH]c(-c2nc3cnccn3n2)c1. The van der Waals surface area contributed by atoms with Crippen molar-refractivity contribution in [3.05, 3.63) is 36.9 Å². The maximum absolute atomic E-state index is 4.31. The Morgan fingerprint density at radius 2 is 2.36 bits per heavy atom. The van der Waals surface area contributed by atoms with E-state index in [1.807, 2.05) is 18.3 Å². The van der Waals surface area contributed by atoms with Gasteiger partial charge in [0.1, 0.15) is 0 Å². The van der Waals surface area contributed by atoms with Crippen molar-refractivity contribution in [2.45, 2.75) is 0 Å². The van der Waals surface area contributed by atoms with Crippen LogP contribution in [0.2, 0.25) is 0 Å². The molecule has 0 spiro atoms. The van der Waals surface area contributed by atoms with Crippen LogP contribution in [0.15, 0.2) is 36.9 Å². The maximum atomic E-state index is 4.31. The van der Waals surface area contributed by atoms with E-state index in [9.17, 15) is 0 Å². The second-order valence-electron chi connectivity index (χ2n) is 2.90. The van der Waals surface area contributed by atoms with E-state index in [1.54, 1.807) is 23.1 Å². The van der Waals surface area contributed by atoms with Crippen LogP contribution in [-0.4, -0.2) is 24.6 Å². The summed E-state index contributed by atoms with van der Waals surface area (Å²) in [5, 5.41) is 4.29. The summed E-state index contributed by atoms with van der Waals surface area (Å²) in [7, 11) is 0. The molecule has 0 fully saturated rings. The second kappa shape index (κ2) is 2.66. The van der Waals surface area contributed by atoms with Gasteiger partial charge in [0.2, 0.25) is 0 Å². The van der Waals surface area contributed by atoms with Gasteiger partial charge in [0.25, 0.3) is 0 Å². The number of rotatable bonds is 1. The zero-order valence-electron chi connectivity index (χ0n) is 7.25. The van der Waals surface area contributed by atoms with Crippen molar-refractivity contribution >= 4 is 5.65 Å². The van der Waals surface area contributed by atoms with E-state index in [0.717, 1.165) is 11.3 Å². The van der Waals surface area contributed by atoms with Crippen molar-refractivity contribution in [1.29, 1.82) is 0 Å². The molecule has 0 bridgehead atoms. The third kappa shape index (κ3) is 0.990. The van der Waals surface area contributed by atoms with Gasteiger partial charge in [-0.3, -0.25) is 4.98 Å². The van der Waals surface area contributed by atoms with Gasteiger partial charge in [-0.05, 0) is 12.1 Å². The number of aromatic amines is 1. The van der Waals surface area contributed by atoms with Crippen LogP contribution in [0.4, 0.5) is 0 Å². The smallest absolute Gasteiger partial charge is 0.198 e. The van der Waals surface area contributed by atoms with Crippen molar-refractivity contribution < 1.29 is 0 Å². The summed E-state index contributed by atoms with van der Waals surface area (Å²) in [4.78, 5) is 11.3. The summed E-state index contributed by atoms with van der Waals surface area (Å²) in [5.41, 5.74) is 1.66. The summed E-state index contributed by atoms with van der Waals surface area (Å²) in [6, 6.07) is 3.85. The molecular weight excluding hydrogens is 178 g/mol. The number of hydrogen-bond donors (Lipinski definition) is 1. The van der Waals surface area contributed by atoms with Gasteiger partial charge in [-0.25, -0.2) is 9.50 Å². The molecule has 0 radical (unpaired) electrons. The monoisotopic (exact) mass is 185 g/mol. The van der Waals surface area contributed by atoms with Gasteiger partial charge in [-0.1, -0.05) is 0 Å². The zero-order chi connectivity index (χ0) is 9.38. The Morgan fingerprint density at radius 3 is 3.14 bits per heavy atom. The van der Waals surface area contributed by atoms with Gasteiger partial charge in [0.05, 0.1) is 11.9 Å². The Bertz CT molecular complexity index is 518. The molecule has 14 heavy (non-hydrogen) atoms. The van der Waals surface area contributed by atoms with Crippen LogP contribution in [0.25, 0.3) is 17.2 Å². The highest BCUT2D eigenvalue weighted by atomic mass is 15.3. The lowest BCUT2D eigenvalue weighted by atomic mass is 10.4. The predicted molar refractivity (Wildman–Crippen MR) is 50.6 cm³/mol. The molecule has 0 saturated heterocycles. The average molecular weight is 185 g/mol. The normalized spacial score (nSPS) is 10.9. The van der Waals surface area contributed by atoms with Crippen molar-refractivity contribution in [2.24, 2.45) is 0 Å². The molecule has 0 aliphatic rings. The second-order valence-corrected chi connectivity index (χ2v) is 2.90. The first-order valence-corrected chi connectivity index (χ1v) is 4.24. The Balaban J connectivity index is 2.24. The standard InChI is InChI=1S/C9H7N5/c1-2-7(11-3-1)9-12-8-6-10-4-5-14(8)13-9/h1-6,11H. The highest BCUT2D eigenvalue weighted by Crippen LogP contribution is 2.12. The highest BCUT2D eigenvalue weighted by molar-refractivity contribution is 5.52. The fourth-order valence-corrected chi connectivity index (χ4v) is 1.33. The van der Waals surface area contributed by atoms with Crippen LogP contribution >= 0.6 is 0 Å². The predicted octanol–water partition coefficient (Wildman–Crippen LogP) is 1.12. The molecule has 3 aromatic heterocycles. The van der Waals surface area contributed by atoms with E-state index in [0.29, 0.717) is 5.82 Å². The van der Waals surface area contributed by atoms with Crippen LogP contribution in [0, 0.1) is 0 Å². The highest BCUT2D eigenvalue weighted by Gasteiger charge is 2.05. The van der Waals surface area contributed by atoms with Gasteiger partial charge < -0.3 is 4.98 Å². The molecule has 68 valence electrons. The Labute approximate surface area is 79.4 Å². The van der Waals surface area contributed by atoms with Gasteiger partial charge >= 0.3 is 0 Å². The molecule has 1 N–H and O–H groups in total. The molecule has 3 aromatic rings. The molecule has 0 aromatic carbocycles. The van der Waals surface area contributed by atoms with E-state index in [-0.39, 0.29) is 0 Å². The minimum absolute atomic E-state index is 0.683. The van der Waals surface area contributed by atoms with E-state index >= 15 is 0 Å². The quantitative estimate of drug-likeness (QED) is 0.618. The number of fused-ring (bicyclic) bond motifs is 1. The molecule has 5 heteroatoms. The Hall–Kier alpha value is -2.17. The first-order valence-electron chi connectivity index (χ1n) is 4.24. The third-order valence-electron chi connectivity index (χ3n) is 1.98. The van der Waals surface area contributed by atoms with Crippen LogP contribution in [0.5, 0.6) is 0 Å². The van der Waals surface area contributed by atoms with Crippen LogP contribution in [0.3, 0.4) is 0 Å². The molecule has 0 unspecified atom stereocenters. The minimum atomic E-state index is 0.683. The molecule has 3 heterocycles. The third-order valence-corrected chi connectivity index (χ3v) is 1.98. The number of aromatic nitrogens is 5. The molecule has 0 saturated carbocycles. The Kier molecular flexibility index (Phi) is 1.38. The molecule has 0 amide bonds. The van der Waals surface area contributed by atoms with E-state index in [2.05, 4.69) is 20.1 Å². The average Bonchev–Trinajstić information content (AvgIpc) is 2.86. The lowest BCUT2D eigenvalue weighted by Gasteiger charge is -1.85. The lowest BCUT2D eigenvalue weighted by Crippen LogP contribution is -1.86. The zero-order valence-corrected chi connectivity index (χ0v) is 7.25. The molecular formula is C9H7N5. The fourth-order valence-electron chi connectivity index (χ4n) is 1.33. The van der Waals surface area contributed by atoms with Crippen LogP contribution in [0.1, 0.15) is 0 Å². The van der Waals surface area contributed by atoms with E-state index < -0.39 is 0 Å². The fraction of sp³-hybridized carbons (Fsp3) is 0. The Morgan fingerprint density at radius 1 is 1.36 bits per heavy atom. The van der Waals surface area contributed by atoms with Crippen molar-refractivity contribution in [3.8, 4) is 11.5 Å². The van der Waals surface area contributed by atoms with Crippen molar-refractivity contribution in [2.75, 3.05) is 0 Å². The van der Waals surface area contributed by atoms with Gasteiger partial charge in [-0.15, -0.1) is 5.10 Å². The number of nitrogens with one attached hydrogen (secondary N) is 1. The number of H-pyrrole nitrogens is 1. The maximum Gasteiger partial charge on any atom is 0.198 e. The molecule has 3 rings (SSSR count). The first kappa shape index (κ1) is 7.25. The molecule has 5 nitrogen and oxygen atoms in total.